The Balaban J connectivity index is 2.56. The van der Waals surface area contributed by atoms with Crippen LogP contribution in [0.5, 0.6) is 0 Å². The third kappa shape index (κ3) is 2.44. The SMILES string of the molecule is COC(C)CNc1c(C(=O)O)cnc2c1c(C)nn2C. The quantitative estimate of drug-likeness (QED) is 0.859. The lowest BCUT2D eigenvalue weighted by atomic mass is 10.1. The van der Waals surface area contributed by atoms with E-state index >= 15 is 0 Å². The van der Waals surface area contributed by atoms with E-state index in [1.54, 1.807) is 18.8 Å². The summed E-state index contributed by atoms with van der Waals surface area (Å²) < 4.78 is 6.81. The first-order chi connectivity index (χ1) is 9.45. The van der Waals surface area contributed by atoms with E-state index in [2.05, 4.69) is 15.4 Å². The lowest BCUT2D eigenvalue weighted by molar-refractivity contribution is 0.0697. The van der Waals surface area contributed by atoms with E-state index in [4.69, 9.17) is 4.74 Å². The maximum atomic E-state index is 11.4. The van der Waals surface area contributed by atoms with Gasteiger partial charge in [-0.25, -0.2) is 9.78 Å². The molecule has 0 bridgehead atoms. The Bertz CT molecular complexity index is 651. The summed E-state index contributed by atoms with van der Waals surface area (Å²) >= 11 is 0. The predicted octanol–water partition coefficient (Wildman–Crippen LogP) is 1.42. The Kier molecular flexibility index (Phi) is 3.89. The number of ether oxygens (including phenoxy) is 1. The Labute approximate surface area is 116 Å². The summed E-state index contributed by atoms with van der Waals surface area (Å²) in [7, 11) is 3.40. The highest BCUT2D eigenvalue weighted by atomic mass is 16.5. The lowest BCUT2D eigenvalue weighted by Crippen LogP contribution is -2.20. The average molecular weight is 278 g/mol. The van der Waals surface area contributed by atoms with Crippen LogP contribution in [0.15, 0.2) is 6.20 Å². The molecule has 0 aliphatic carbocycles. The van der Waals surface area contributed by atoms with Crippen molar-refractivity contribution in [3.63, 3.8) is 0 Å². The minimum atomic E-state index is -1.02. The molecular weight excluding hydrogens is 260 g/mol. The molecule has 20 heavy (non-hydrogen) atoms. The number of aromatic carboxylic acids is 1. The maximum Gasteiger partial charge on any atom is 0.339 e. The Morgan fingerprint density at radius 1 is 1.60 bits per heavy atom. The molecule has 2 N–H and O–H groups in total. The third-order valence-electron chi connectivity index (χ3n) is 3.23. The second-order valence-electron chi connectivity index (χ2n) is 4.69. The van der Waals surface area contributed by atoms with Crippen LogP contribution in [0.2, 0.25) is 0 Å². The van der Waals surface area contributed by atoms with Crippen LogP contribution >= 0.6 is 0 Å². The molecule has 2 heterocycles. The van der Waals surface area contributed by atoms with Crippen LogP contribution in [-0.2, 0) is 11.8 Å². The molecule has 1 unspecified atom stereocenters. The summed E-state index contributed by atoms with van der Waals surface area (Å²) in [5, 5.41) is 17.5. The first kappa shape index (κ1) is 14.3. The maximum absolute atomic E-state index is 11.4. The summed E-state index contributed by atoms with van der Waals surface area (Å²) in [6.07, 6.45) is 1.32. The fourth-order valence-corrected chi connectivity index (χ4v) is 2.09. The number of rotatable bonds is 5. The number of anilines is 1. The molecule has 0 aliphatic heterocycles. The van der Waals surface area contributed by atoms with E-state index in [1.807, 2.05) is 13.8 Å². The zero-order valence-electron chi connectivity index (χ0n) is 12.0. The molecule has 2 aromatic heterocycles. The fraction of sp³-hybridized carbons (Fsp3) is 0.462. The van der Waals surface area contributed by atoms with Gasteiger partial charge in [0.05, 0.1) is 22.9 Å². The number of carboxylic acid groups (broad SMARTS) is 1. The number of fused-ring (bicyclic) bond motifs is 1. The van der Waals surface area contributed by atoms with Gasteiger partial charge in [0.15, 0.2) is 5.65 Å². The van der Waals surface area contributed by atoms with Gasteiger partial charge in [0, 0.05) is 26.9 Å². The Morgan fingerprint density at radius 3 is 2.90 bits per heavy atom. The summed E-state index contributed by atoms with van der Waals surface area (Å²) in [6.45, 7) is 4.24. The van der Waals surface area contributed by atoms with Crippen molar-refractivity contribution in [2.24, 2.45) is 7.05 Å². The van der Waals surface area contributed by atoms with Crippen LogP contribution in [-0.4, -0.2) is 45.6 Å². The molecule has 0 saturated carbocycles. The van der Waals surface area contributed by atoms with Crippen molar-refractivity contribution in [3.05, 3.63) is 17.5 Å². The van der Waals surface area contributed by atoms with Gasteiger partial charge in [-0.05, 0) is 13.8 Å². The highest BCUT2D eigenvalue weighted by Crippen LogP contribution is 2.28. The standard InChI is InChI=1S/C13H18N4O3/c1-7(20-4)5-14-11-9(13(18)19)6-15-12-10(11)8(2)16-17(12)3/h6-7H,5H2,1-4H3,(H,14,15)(H,18,19). The molecule has 1 atom stereocenters. The van der Waals surface area contributed by atoms with Gasteiger partial charge in [-0.3, -0.25) is 4.68 Å². The predicted molar refractivity (Wildman–Crippen MR) is 75.2 cm³/mol. The van der Waals surface area contributed by atoms with Gasteiger partial charge in [0.1, 0.15) is 5.56 Å². The second-order valence-corrected chi connectivity index (χ2v) is 4.69. The normalized spacial score (nSPS) is 12.6. The van der Waals surface area contributed by atoms with Gasteiger partial charge in [0.2, 0.25) is 0 Å². The van der Waals surface area contributed by atoms with Gasteiger partial charge in [-0.2, -0.15) is 5.10 Å². The van der Waals surface area contributed by atoms with Crippen molar-refractivity contribution in [1.82, 2.24) is 14.8 Å². The summed E-state index contributed by atoms with van der Waals surface area (Å²) in [4.78, 5) is 15.5. The molecule has 0 radical (unpaired) electrons. The topological polar surface area (TPSA) is 89.3 Å². The summed E-state index contributed by atoms with van der Waals surface area (Å²) in [6, 6.07) is 0. The van der Waals surface area contributed by atoms with Gasteiger partial charge in [0.25, 0.3) is 0 Å². The Hall–Kier alpha value is -2.15. The number of carboxylic acids is 1. The van der Waals surface area contributed by atoms with E-state index in [-0.39, 0.29) is 11.7 Å². The number of aryl methyl sites for hydroxylation is 2. The minimum absolute atomic E-state index is 0.0307. The monoisotopic (exact) mass is 278 g/mol. The van der Waals surface area contributed by atoms with Crippen molar-refractivity contribution in [2.75, 3.05) is 19.0 Å². The summed E-state index contributed by atoms with van der Waals surface area (Å²) in [5.74, 6) is -1.02. The van der Waals surface area contributed by atoms with Crippen molar-refractivity contribution < 1.29 is 14.6 Å². The molecule has 108 valence electrons. The first-order valence-electron chi connectivity index (χ1n) is 6.28. The van der Waals surface area contributed by atoms with Gasteiger partial charge < -0.3 is 15.2 Å². The largest absolute Gasteiger partial charge is 0.478 e. The molecule has 2 rings (SSSR count). The molecule has 0 spiro atoms. The van der Waals surface area contributed by atoms with Crippen LogP contribution in [0, 0.1) is 6.92 Å². The molecule has 7 heteroatoms. The van der Waals surface area contributed by atoms with Crippen molar-refractivity contribution in [3.8, 4) is 0 Å². The summed E-state index contributed by atoms with van der Waals surface area (Å²) in [5.41, 5.74) is 2.07. The molecule has 7 nitrogen and oxygen atoms in total. The number of aromatic nitrogens is 3. The van der Waals surface area contributed by atoms with Crippen molar-refractivity contribution >= 4 is 22.7 Å². The number of methoxy groups -OCH3 is 1. The second kappa shape index (κ2) is 5.46. The molecule has 0 fully saturated rings. The number of nitrogens with one attached hydrogen (secondary N) is 1. The molecule has 2 aromatic rings. The van der Waals surface area contributed by atoms with E-state index in [9.17, 15) is 9.90 Å². The molecule has 0 amide bonds. The van der Waals surface area contributed by atoms with Gasteiger partial charge in [-0.15, -0.1) is 0 Å². The number of pyridine rings is 1. The van der Waals surface area contributed by atoms with E-state index in [0.717, 1.165) is 11.1 Å². The first-order valence-corrected chi connectivity index (χ1v) is 6.28. The van der Waals surface area contributed by atoms with Crippen molar-refractivity contribution in [2.45, 2.75) is 20.0 Å². The number of nitrogens with zero attached hydrogens (tertiary/aromatic N) is 3. The van der Waals surface area contributed by atoms with Gasteiger partial charge in [-0.1, -0.05) is 0 Å². The number of carbonyl (C=O) groups is 1. The van der Waals surface area contributed by atoms with Crippen LogP contribution in [0.1, 0.15) is 23.0 Å². The zero-order valence-corrected chi connectivity index (χ0v) is 12.0. The molecule has 0 aromatic carbocycles. The fourth-order valence-electron chi connectivity index (χ4n) is 2.09. The van der Waals surface area contributed by atoms with E-state index in [0.29, 0.717) is 17.9 Å². The molecule has 0 aliphatic rings. The highest BCUT2D eigenvalue weighted by molar-refractivity contribution is 6.04. The van der Waals surface area contributed by atoms with Crippen LogP contribution in [0.4, 0.5) is 5.69 Å². The van der Waals surface area contributed by atoms with Gasteiger partial charge >= 0.3 is 5.97 Å². The lowest BCUT2D eigenvalue weighted by Gasteiger charge is -2.14. The van der Waals surface area contributed by atoms with Crippen LogP contribution < -0.4 is 5.32 Å². The average Bonchev–Trinajstić information content (AvgIpc) is 2.70. The number of hydrogen-bond acceptors (Lipinski definition) is 5. The Morgan fingerprint density at radius 2 is 2.30 bits per heavy atom. The van der Waals surface area contributed by atoms with Crippen LogP contribution in [0.25, 0.3) is 11.0 Å². The molecular formula is C13H18N4O3. The smallest absolute Gasteiger partial charge is 0.339 e. The molecule has 0 saturated heterocycles. The highest BCUT2D eigenvalue weighted by Gasteiger charge is 2.19. The van der Waals surface area contributed by atoms with Crippen molar-refractivity contribution in [1.29, 1.82) is 0 Å². The minimum Gasteiger partial charge on any atom is -0.478 e. The third-order valence-corrected chi connectivity index (χ3v) is 3.23. The number of hydrogen-bond donors (Lipinski definition) is 2. The van der Waals surface area contributed by atoms with E-state index in [1.165, 1.54) is 6.20 Å². The zero-order chi connectivity index (χ0) is 14.9. The van der Waals surface area contributed by atoms with Crippen LogP contribution in [0.3, 0.4) is 0 Å². The van der Waals surface area contributed by atoms with E-state index < -0.39 is 5.97 Å².